The smallest absolute Gasteiger partial charge is 0.133 e. The molecular weight excluding hydrogens is 305 g/mol. The van der Waals surface area contributed by atoms with E-state index in [0.717, 1.165) is 35.0 Å². The molecule has 0 amide bonds. The summed E-state index contributed by atoms with van der Waals surface area (Å²) in [6.45, 7) is 8.99. The molecule has 0 atom stereocenters. The van der Waals surface area contributed by atoms with Crippen molar-refractivity contribution in [2.45, 2.75) is 33.6 Å². The fraction of sp³-hybridized carbons (Fsp3) is 0.375. The minimum absolute atomic E-state index is 0.236. The predicted molar refractivity (Wildman–Crippen MR) is 90.5 cm³/mol. The molecule has 1 aromatic heterocycles. The molecule has 5 heteroatoms. The Kier molecular flexibility index (Phi) is 5.07. The molecule has 2 rings (SSSR count). The van der Waals surface area contributed by atoms with E-state index in [1.54, 1.807) is 12.1 Å². The van der Waals surface area contributed by atoms with Gasteiger partial charge in [0.05, 0.1) is 10.7 Å². The largest absolute Gasteiger partial charge is 0.370 e. The summed E-state index contributed by atoms with van der Waals surface area (Å²) in [7, 11) is 0. The second-order valence-electron chi connectivity index (χ2n) is 5.21. The maximum atomic E-state index is 6.32. The predicted octanol–water partition coefficient (Wildman–Crippen LogP) is 5.31. The maximum absolute atomic E-state index is 6.32. The van der Waals surface area contributed by atoms with Gasteiger partial charge < -0.3 is 5.32 Å². The lowest BCUT2D eigenvalue weighted by Crippen LogP contribution is -2.09. The van der Waals surface area contributed by atoms with Gasteiger partial charge >= 0.3 is 0 Å². The van der Waals surface area contributed by atoms with Gasteiger partial charge in [0, 0.05) is 28.6 Å². The van der Waals surface area contributed by atoms with Crippen molar-refractivity contribution in [1.82, 2.24) is 9.97 Å². The monoisotopic (exact) mass is 323 g/mol. The lowest BCUT2D eigenvalue weighted by Gasteiger charge is -2.16. The maximum Gasteiger partial charge on any atom is 0.133 e. The van der Waals surface area contributed by atoms with Crippen molar-refractivity contribution in [3.63, 3.8) is 0 Å². The molecule has 1 heterocycles. The zero-order valence-electron chi connectivity index (χ0n) is 12.7. The first-order valence-electron chi connectivity index (χ1n) is 7.01. The van der Waals surface area contributed by atoms with Gasteiger partial charge in [0.1, 0.15) is 11.6 Å². The fourth-order valence-corrected chi connectivity index (χ4v) is 2.45. The summed E-state index contributed by atoms with van der Waals surface area (Å²) in [5.74, 6) is 1.88. The van der Waals surface area contributed by atoms with Crippen LogP contribution in [0.2, 0.25) is 10.0 Å². The van der Waals surface area contributed by atoms with Gasteiger partial charge in [0.2, 0.25) is 0 Å². The second-order valence-corrected chi connectivity index (χ2v) is 6.06. The summed E-state index contributed by atoms with van der Waals surface area (Å²) >= 11 is 12.4. The van der Waals surface area contributed by atoms with Gasteiger partial charge in [-0.25, -0.2) is 9.97 Å². The molecule has 21 heavy (non-hydrogen) atoms. The summed E-state index contributed by atoms with van der Waals surface area (Å²) in [4.78, 5) is 9.29. The fourth-order valence-electron chi connectivity index (χ4n) is 2.07. The van der Waals surface area contributed by atoms with Crippen LogP contribution in [-0.2, 0) is 0 Å². The van der Waals surface area contributed by atoms with Crippen LogP contribution in [0.5, 0.6) is 0 Å². The van der Waals surface area contributed by atoms with E-state index in [-0.39, 0.29) is 5.92 Å². The molecule has 0 fully saturated rings. The molecular formula is C16H19Cl2N3. The van der Waals surface area contributed by atoms with Crippen LogP contribution in [0.15, 0.2) is 18.2 Å². The van der Waals surface area contributed by atoms with Gasteiger partial charge in [-0.3, -0.25) is 0 Å². The molecule has 0 aliphatic rings. The minimum Gasteiger partial charge on any atom is -0.370 e. The summed E-state index contributed by atoms with van der Waals surface area (Å²) in [5.41, 5.74) is 2.65. The molecule has 0 saturated heterocycles. The number of hydrogen-bond acceptors (Lipinski definition) is 3. The van der Waals surface area contributed by atoms with Crippen molar-refractivity contribution in [2.75, 3.05) is 11.9 Å². The lowest BCUT2D eigenvalue weighted by atomic mass is 10.1. The zero-order chi connectivity index (χ0) is 15.6. The van der Waals surface area contributed by atoms with Gasteiger partial charge in [-0.1, -0.05) is 37.0 Å². The van der Waals surface area contributed by atoms with Crippen LogP contribution < -0.4 is 5.32 Å². The van der Waals surface area contributed by atoms with Crippen molar-refractivity contribution in [3.8, 4) is 11.3 Å². The second kappa shape index (κ2) is 6.63. The standard InChI is InChI=1S/C16H19Cl2N3/c1-5-19-16-10(4)14(20-15(21-16)9(2)3)12-8-11(17)6-7-13(12)18/h6-9H,5H2,1-4H3,(H,19,20,21). The number of nitrogens with zero attached hydrogens (tertiary/aromatic N) is 2. The highest BCUT2D eigenvalue weighted by Gasteiger charge is 2.16. The van der Waals surface area contributed by atoms with E-state index in [0.29, 0.717) is 10.0 Å². The Morgan fingerprint density at radius 2 is 1.90 bits per heavy atom. The summed E-state index contributed by atoms with van der Waals surface area (Å²) in [5, 5.41) is 4.57. The van der Waals surface area contributed by atoms with E-state index >= 15 is 0 Å². The topological polar surface area (TPSA) is 37.8 Å². The molecule has 0 radical (unpaired) electrons. The van der Waals surface area contributed by atoms with Crippen molar-refractivity contribution in [3.05, 3.63) is 39.6 Å². The molecule has 2 aromatic rings. The average molecular weight is 324 g/mol. The van der Waals surface area contributed by atoms with Gasteiger partial charge in [-0.2, -0.15) is 0 Å². The van der Waals surface area contributed by atoms with Crippen LogP contribution in [0.4, 0.5) is 5.82 Å². The van der Waals surface area contributed by atoms with Crippen LogP contribution in [0.3, 0.4) is 0 Å². The van der Waals surface area contributed by atoms with Crippen LogP contribution in [0.1, 0.15) is 38.1 Å². The molecule has 0 spiro atoms. The molecule has 3 nitrogen and oxygen atoms in total. The molecule has 112 valence electrons. The van der Waals surface area contributed by atoms with Crippen LogP contribution in [0.25, 0.3) is 11.3 Å². The normalized spacial score (nSPS) is 11.0. The molecule has 1 N–H and O–H groups in total. The SMILES string of the molecule is CCNc1nc(C(C)C)nc(-c2cc(Cl)ccc2Cl)c1C. The number of anilines is 1. The highest BCUT2D eigenvalue weighted by atomic mass is 35.5. The number of benzene rings is 1. The Balaban J connectivity index is 2.69. The third-order valence-electron chi connectivity index (χ3n) is 3.21. The first-order valence-corrected chi connectivity index (χ1v) is 7.77. The quantitative estimate of drug-likeness (QED) is 0.828. The van der Waals surface area contributed by atoms with E-state index in [1.165, 1.54) is 0 Å². The van der Waals surface area contributed by atoms with Crippen LogP contribution >= 0.6 is 23.2 Å². The first-order chi connectivity index (χ1) is 9.93. The van der Waals surface area contributed by atoms with Gasteiger partial charge in [-0.05, 0) is 32.0 Å². The molecule has 0 aliphatic heterocycles. The van der Waals surface area contributed by atoms with Gasteiger partial charge in [0.25, 0.3) is 0 Å². The Labute approximate surface area is 135 Å². The number of nitrogens with one attached hydrogen (secondary N) is 1. The highest BCUT2D eigenvalue weighted by Crippen LogP contribution is 2.34. The lowest BCUT2D eigenvalue weighted by molar-refractivity contribution is 0.774. The zero-order valence-corrected chi connectivity index (χ0v) is 14.2. The number of rotatable bonds is 4. The van der Waals surface area contributed by atoms with Crippen LogP contribution in [-0.4, -0.2) is 16.5 Å². The molecule has 0 unspecified atom stereocenters. The Morgan fingerprint density at radius 3 is 2.52 bits per heavy atom. The summed E-state index contributed by atoms with van der Waals surface area (Å²) in [6.07, 6.45) is 0. The van der Waals surface area contributed by atoms with Crippen molar-refractivity contribution in [2.24, 2.45) is 0 Å². The molecule has 0 saturated carbocycles. The van der Waals surface area contributed by atoms with E-state index in [4.69, 9.17) is 28.2 Å². The molecule has 1 aromatic carbocycles. The molecule has 0 bridgehead atoms. The Morgan fingerprint density at radius 1 is 1.19 bits per heavy atom. The summed E-state index contributed by atoms with van der Waals surface area (Å²) < 4.78 is 0. The third kappa shape index (κ3) is 3.47. The Bertz CT molecular complexity index is 654. The van der Waals surface area contributed by atoms with E-state index < -0.39 is 0 Å². The number of hydrogen-bond donors (Lipinski definition) is 1. The highest BCUT2D eigenvalue weighted by molar-refractivity contribution is 6.35. The van der Waals surface area contributed by atoms with Crippen molar-refractivity contribution in [1.29, 1.82) is 0 Å². The third-order valence-corrected chi connectivity index (χ3v) is 3.77. The Hall–Kier alpha value is -1.32. The van der Waals surface area contributed by atoms with E-state index in [2.05, 4.69) is 24.1 Å². The first kappa shape index (κ1) is 16.1. The van der Waals surface area contributed by atoms with Gasteiger partial charge in [-0.15, -0.1) is 0 Å². The van der Waals surface area contributed by atoms with Crippen molar-refractivity contribution < 1.29 is 0 Å². The van der Waals surface area contributed by atoms with E-state index in [1.807, 2.05) is 19.9 Å². The van der Waals surface area contributed by atoms with Crippen molar-refractivity contribution >= 4 is 29.0 Å². The number of halogens is 2. The average Bonchev–Trinajstić information content (AvgIpc) is 2.44. The summed E-state index contributed by atoms with van der Waals surface area (Å²) in [6, 6.07) is 5.42. The minimum atomic E-state index is 0.236. The van der Waals surface area contributed by atoms with Gasteiger partial charge in [0.15, 0.2) is 0 Å². The number of aromatic nitrogens is 2. The van der Waals surface area contributed by atoms with Crippen LogP contribution in [0, 0.1) is 6.92 Å². The van der Waals surface area contributed by atoms with E-state index in [9.17, 15) is 0 Å². The molecule has 0 aliphatic carbocycles.